The molecular weight excluding hydrogens is 232 g/mol. The lowest BCUT2D eigenvalue weighted by molar-refractivity contribution is 0.270. The molecule has 0 spiro atoms. The van der Waals surface area contributed by atoms with Gasteiger partial charge < -0.3 is 10.0 Å². The molecular formula is C9H13BrN2O. The van der Waals surface area contributed by atoms with E-state index in [1.54, 1.807) is 6.20 Å². The van der Waals surface area contributed by atoms with Crippen LogP contribution in [0.3, 0.4) is 0 Å². The molecule has 1 aromatic heterocycles. The van der Waals surface area contributed by atoms with Crippen LogP contribution in [0.4, 0.5) is 5.82 Å². The molecule has 0 aliphatic carbocycles. The fourth-order valence-electron chi connectivity index (χ4n) is 0.925. The molecule has 0 amide bonds. The predicted octanol–water partition coefficient (Wildman–Crippen LogP) is 1.66. The van der Waals surface area contributed by atoms with Gasteiger partial charge in [0.2, 0.25) is 0 Å². The summed E-state index contributed by atoms with van der Waals surface area (Å²) >= 11 is 3.32. The third kappa shape index (κ3) is 2.67. The van der Waals surface area contributed by atoms with E-state index in [0.29, 0.717) is 0 Å². The van der Waals surface area contributed by atoms with Crippen LogP contribution in [0.5, 0.6) is 0 Å². The summed E-state index contributed by atoms with van der Waals surface area (Å²) in [6.45, 7) is 2.08. The fourth-order valence-corrected chi connectivity index (χ4v) is 1.16. The molecule has 13 heavy (non-hydrogen) atoms. The molecule has 1 N–H and O–H groups in total. The summed E-state index contributed by atoms with van der Waals surface area (Å²) in [5.41, 5.74) is 0. The van der Waals surface area contributed by atoms with Crippen LogP contribution in [0, 0.1) is 0 Å². The number of likely N-dealkylation sites (N-methyl/N-ethyl adjacent to an activating group) is 1. The van der Waals surface area contributed by atoms with Gasteiger partial charge in [-0.05, 0) is 35.0 Å². The van der Waals surface area contributed by atoms with E-state index in [0.717, 1.165) is 10.3 Å². The molecule has 3 nitrogen and oxygen atoms in total. The second kappa shape index (κ2) is 4.58. The van der Waals surface area contributed by atoms with Gasteiger partial charge in [-0.15, -0.1) is 0 Å². The summed E-state index contributed by atoms with van der Waals surface area (Å²) in [5.74, 6) is 0.866. The Hall–Kier alpha value is -0.610. The van der Waals surface area contributed by atoms with Crippen LogP contribution >= 0.6 is 15.9 Å². The lowest BCUT2D eigenvalue weighted by Crippen LogP contribution is -2.32. The topological polar surface area (TPSA) is 36.4 Å². The zero-order valence-corrected chi connectivity index (χ0v) is 9.32. The SMILES string of the molecule is C[C@@H](CO)N(C)c1ccc(Br)cn1. The van der Waals surface area contributed by atoms with Crippen LogP contribution in [0.15, 0.2) is 22.8 Å². The Balaban J connectivity index is 2.77. The van der Waals surface area contributed by atoms with Gasteiger partial charge in [-0.1, -0.05) is 0 Å². The highest BCUT2D eigenvalue weighted by molar-refractivity contribution is 9.10. The van der Waals surface area contributed by atoms with Crippen molar-refractivity contribution in [3.05, 3.63) is 22.8 Å². The molecule has 0 saturated heterocycles. The molecule has 0 saturated carbocycles. The van der Waals surface area contributed by atoms with Crippen molar-refractivity contribution in [1.82, 2.24) is 4.98 Å². The van der Waals surface area contributed by atoms with E-state index < -0.39 is 0 Å². The number of pyridine rings is 1. The Kier molecular flexibility index (Phi) is 3.69. The molecule has 0 unspecified atom stereocenters. The van der Waals surface area contributed by atoms with Crippen molar-refractivity contribution in [3.63, 3.8) is 0 Å². The Morgan fingerprint density at radius 1 is 1.62 bits per heavy atom. The van der Waals surface area contributed by atoms with E-state index in [2.05, 4.69) is 20.9 Å². The molecule has 1 atom stereocenters. The molecule has 72 valence electrons. The first kappa shape index (κ1) is 10.5. The molecule has 4 heteroatoms. The molecule has 0 fully saturated rings. The van der Waals surface area contributed by atoms with Gasteiger partial charge in [0.05, 0.1) is 12.6 Å². The Morgan fingerprint density at radius 3 is 2.77 bits per heavy atom. The zero-order valence-electron chi connectivity index (χ0n) is 7.74. The molecule has 1 heterocycles. The van der Waals surface area contributed by atoms with E-state index in [9.17, 15) is 0 Å². The molecule has 0 aliphatic heterocycles. The van der Waals surface area contributed by atoms with Gasteiger partial charge in [0.25, 0.3) is 0 Å². The van der Waals surface area contributed by atoms with Crippen molar-refractivity contribution in [2.75, 3.05) is 18.6 Å². The first-order valence-corrected chi connectivity index (χ1v) is 4.89. The predicted molar refractivity (Wildman–Crippen MR) is 56.9 cm³/mol. The summed E-state index contributed by atoms with van der Waals surface area (Å²) in [7, 11) is 1.91. The second-order valence-electron chi connectivity index (χ2n) is 2.98. The molecule has 0 aromatic carbocycles. The highest BCUT2D eigenvalue weighted by atomic mass is 79.9. The summed E-state index contributed by atoms with van der Waals surface area (Å²) in [6.07, 6.45) is 1.75. The third-order valence-corrected chi connectivity index (χ3v) is 2.47. The van der Waals surface area contributed by atoms with Crippen LogP contribution in [0.25, 0.3) is 0 Å². The van der Waals surface area contributed by atoms with Gasteiger partial charge >= 0.3 is 0 Å². The zero-order chi connectivity index (χ0) is 9.84. The van der Waals surface area contributed by atoms with Gasteiger partial charge in [-0.3, -0.25) is 0 Å². The monoisotopic (exact) mass is 244 g/mol. The van der Waals surface area contributed by atoms with Crippen molar-refractivity contribution in [2.24, 2.45) is 0 Å². The molecule has 0 bridgehead atoms. The molecule has 0 radical (unpaired) electrons. The lowest BCUT2D eigenvalue weighted by atomic mass is 10.3. The highest BCUT2D eigenvalue weighted by Gasteiger charge is 2.08. The van der Waals surface area contributed by atoms with E-state index >= 15 is 0 Å². The van der Waals surface area contributed by atoms with Crippen molar-refractivity contribution in [2.45, 2.75) is 13.0 Å². The van der Waals surface area contributed by atoms with Crippen LogP contribution in [0.1, 0.15) is 6.92 Å². The highest BCUT2D eigenvalue weighted by Crippen LogP contribution is 2.14. The van der Waals surface area contributed by atoms with Gasteiger partial charge in [-0.25, -0.2) is 4.98 Å². The largest absolute Gasteiger partial charge is 0.394 e. The minimum atomic E-state index is 0.0914. The normalized spacial score (nSPS) is 12.6. The number of aliphatic hydroxyl groups is 1. The number of rotatable bonds is 3. The third-order valence-electron chi connectivity index (χ3n) is 2.00. The van der Waals surface area contributed by atoms with Crippen molar-refractivity contribution in [1.29, 1.82) is 0 Å². The smallest absolute Gasteiger partial charge is 0.128 e. The first-order chi connectivity index (χ1) is 6.15. The van der Waals surface area contributed by atoms with Gasteiger partial charge in [0.1, 0.15) is 5.82 Å². The summed E-state index contributed by atoms with van der Waals surface area (Å²) in [6, 6.07) is 3.94. The standard InChI is InChI=1S/C9H13BrN2O/c1-7(6-13)12(2)9-4-3-8(10)5-11-9/h3-5,7,13H,6H2,1-2H3/t7-/m0/s1. The van der Waals surface area contributed by atoms with E-state index in [-0.39, 0.29) is 12.6 Å². The maximum Gasteiger partial charge on any atom is 0.128 e. The van der Waals surface area contributed by atoms with Crippen LogP contribution < -0.4 is 4.90 Å². The number of anilines is 1. The van der Waals surface area contributed by atoms with Crippen molar-refractivity contribution < 1.29 is 5.11 Å². The Labute approximate surface area is 86.5 Å². The van der Waals surface area contributed by atoms with Gasteiger partial charge in [0, 0.05) is 17.7 Å². The molecule has 1 aromatic rings. The second-order valence-corrected chi connectivity index (χ2v) is 3.89. The van der Waals surface area contributed by atoms with Gasteiger partial charge in [-0.2, -0.15) is 0 Å². The quantitative estimate of drug-likeness (QED) is 0.879. The van der Waals surface area contributed by atoms with E-state index in [4.69, 9.17) is 5.11 Å². The molecule has 1 rings (SSSR count). The summed E-state index contributed by atoms with van der Waals surface area (Å²) in [4.78, 5) is 6.15. The van der Waals surface area contributed by atoms with Crippen molar-refractivity contribution in [3.8, 4) is 0 Å². The minimum Gasteiger partial charge on any atom is -0.394 e. The van der Waals surface area contributed by atoms with Crippen LogP contribution in [0.2, 0.25) is 0 Å². The maximum atomic E-state index is 8.94. The number of aliphatic hydroxyl groups excluding tert-OH is 1. The number of hydrogen-bond acceptors (Lipinski definition) is 3. The van der Waals surface area contributed by atoms with Crippen LogP contribution in [-0.2, 0) is 0 Å². The fraction of sp³-hybridized carbons (Fsp3) is 0.444. The average Bonchev–Trinajstić information content (AvgIpc) is 2.17. The van der Waals surface area contributed by atoms with E-state index in [1.165, 1.54) is 0 Å². The van der Waals surface area contributed by atoms with Gasteiger partial charge in [0.15, 0.2) is 0 Å². The Bertz CT molecular complexity index is 263. The summed E-state index contributed by atoms with van der Waals surface area (Å²) in [5, 5.41) is 8.94. The van der Waals surface area contributed by atoms with Crippen molar-refractivity contribution >= 4 is 21.7 Å². The molecule has 0 aliphatic rings. The minimum absolute atomic E-state index is 0.0914. The number of aromatic nitrogens is 1. The number of halogens is 1. The summed E-state index contributed by atoms with van der Waals surface area (Å²) < 4.78 is 0.960. The lowest BCUT2D eigenvalue weighted by Gasteiger charge is -2.23. The van der Waals surface area contributed by atoms with Crippen LogP contribution in [-0.4, -0.2) is 29.8 Å². The average molecular weight is 245 g/mol. The first-order valence-electron chi connectivity index (χ1n) is 4.10. The Morgan fingerprint density at radius 2 is 2.31 bits per heavy atom. The number of nitrogens with zero attached hydrogens (tertiary/aromatic N) is 2. The van der Waals surface area contributed by atoms with E-state index in [1.807, 2.05) is 31.0 Å². The number of hydrogen-bond donors (Lipinski definition) is 1. The maximum absolute atomic E-state index is 8.94.